The van der Waals surface area contributed by atoms with Crippen LogP contribution in [0.3, 0.4) is 0 Å². The Morgan fingerprint density at radius 2 is 2.20 bits per heavy atom. The van der Waals surface area contributed by atoms with Crippen LogP contribution in [0.5, 0.6) is 0 Å². The number of pyridine rings is 1. The molecule has 0 saturated carbocycles. The van der Waals surface area contributed by atoms with Crippen molar-refractivity contribution >= 4 is 5.69 Å². The van der Waals surface area contributed by atoms with Gasteiger partial charge in [0.25, 0.3) is 0 Å². The molecule has 1 aromatic rings. The van der Waals surface area contributed by atoms with Crippen molar-refractivity contribution in [3.63, 3.8) is 0 Å². The van der Waals surface area contributed by atoms with Gasteiger partial charge in [0, 0.05) is 12.2 Å². The fourth-order valence-corrected chi connectivity index (χ4v) is 1.69. The second-order valence-electron chi connectivity index (χ2n) is 4.03. The van der Waals surface area contributed by atoms with Crippen LogP contribution in [0.2, 0.25) is 0 Å². The Morgan fingerprint density at radius 3 is 2.80 bits per heavy atom. The average molecular weight is 206 g/mol. The van der Waals surface area contributed by atoms with Crippen LogP contribution >= 0.6 is 0 Å². The lowest BCUT2D eigenvalue weighted by Crippen LogP contribution is -2.19. The Labute approximate surface area is 93.1 Å². The molecule has 0 aliphatic heterocycles. The van der Waals surface area contributed by atoms with E-state index < -0.39 is 0 Å². The van der Waals surface area contributed by atoms with E-state index in [0.29, 0.717) is 6.04 Å². The van der Waals surface area contributed by atoms with Gasteiger partial charge in [-0.2, -0.15) is 0 Å². The zero-order valence-electron chi connectivity index (χ0n) is 10.1. The molecule has 0 spiro atoms. The van der Waals surface area contributed by atoms with Crippen molar-refractivity contribution in [1.29, 1.82) is 0 Å². The molecule has 0 aromatic carbocycles. The highest BCUT2D eigenvalue weighted by atomic mass is 14.9. The molecule has 15 heavy (non-hydrogen) atoms. The minimum Gasteiger partial charge on any atom is -0.381 e. The van der Waals surface area contributed by atoms with Crippen LogP contribution in [-0.2, 0) is 0 Å². The standard InChI is InChI=1S/C13H22N2/c1-4-6-8-12(5-2)15-13-9-7-10-14-11(13)3/h7,9-10,12,15H,4-6,8H2,1-3H3. The molecule has 0 bridgehead atoms. The first kappa shape index (κ1) is 12.0. The molecule has 2 heteroatoms. The summed E-state index contributed by atoms with van der Waals surface area (Å²) in [6, 6.07) is 4.69. The number of rotatable bonds is 6. The van der Waals surface area contributed by atoms with E-state index in [4.69, 9.17) is 0 Å². The van der Waals surface area contributed by atoms with Gasteiger partial charge in [-0.25, -0.2) is 0 Å². The van der Waals surface area contributed by atoms with Gasteiger partial charge < -0.3 is 5.32 Å². The summed E-state index contributed by atoms with van der Waals surface area (Å²) in [5.74, 6) is 0. The summed E-state index contributed by atoms with van der Waals surface area (Å²) < 4.78 is 0. The van der Waals surface area contributed by atoms with Crippen LogP contribution in [0, 0.1) is 6.92 Å². The smallest absolute Gasteiger partial charge is 0.0603 e. The molecule has 0 aliphatic carbocycles. The molecule has 1 unspecified atom stereocenters. The fraction of sp³-hybridized carbons (Fsp3) is 0.615. The Balaban J connectivity index is 2.54. The van der Waals surface area contributed by atoms with E-state index in [2.05, 4.69) is 37.1 Å². The Kier molecular flexibility index (Phi) is 5.16. The lowest BCUT2D eigenvalue weighted by Gasteiger charge is -2.18. The first-order valence-electron chi connectivity index (χ1n) is 5.96. The van der Waals surface area contributed by atoms with E-state index in [1.54, 1.807) is 0 Å². The Hall–Kier alpha value is -1.05. The summed E-state index contributed by atoms with van der Waals surface area (Å²) in [4.78, 5) is 4.28. The van der Waals surface area contributed by atoms with Crippen LogP contribution in [0.4, 0.5) is 5.69 Å². The van der Waals surface area contributed by atoms with Crippen molar-refractivity contribution in [2.75, 3.05) is 5.32 Å². The van der Waals surface area contributed by atoms with E-state index in [1.807, 2.05) is 12.3 Å². The number of hydrogen-bond acceptors (Lipinski definition) is 2. The van der Waals surface area contributed by atoms with Gasteiger partial charge in [0.1, 0.15) is 0 Å². The molecule has 1 heterocycles. The summed E-state index contributed by atoms with van der Waals surface area (Å²) in [5.41, 5.74) is 2.27. The second kappa shape index (κ2) is 6.44. The van der Waals surface area contributed by atoms with Crippen molar-refractivity contribution in [2.45, 2.75) is 52.5 Å². The number of nitrogens with one attached hydrogen (secondary N) is 1. The first-order chi connectivity index (χ1) is 7.27. The summed E-state index contributed by atoms with van der Waals surface area (Å²) in [6.45, 7) is 6.52. The number of unbranched alkanes of at least 4 members (excludes halogenated alkanes) is 1. The molecule has 0 fully saturated rings. The predicted octanol–water partition coefficient (Wildman–Crippen LogP) is 3.77. The maximum absolute atomic E-state index is 4.28. The monoisotopic (exact) mass is 206 g/mol. The third-order valence-corrected chi connectivity index (χ3v) is 2.77. The second-order valence-corrected chi connectivity index (χ2v) is 4.03. The van der Waals surface area contributed by atoms with Gasteiger partial charge in [-0.3, -0.25) is 4.98 Å². The van der Waals surface area contributed by atoms with Crippen molar-refractivity contribution < 1.29 is 0 Å². The van der Waals surface area contributed by atoms with Crippen LogP contribution in [0.1, 0.15) is 45.2 Å². The van der Waals surface area contributed by atoms with Crippen LogP contribution in [0.25, 0.3) is 0 Å². The predicted molar refractivity (Wildman–Crippen MR) is 66.2 cm³/mol. The van der Waals surface area contributed by atoms with Crippen LogP contribution < -0.4 is 5.32 Å². The lowest BCUT2D eigenvalue weighted by atomic mass is 10.1. The SMILES string of the molecule is CCCCC(CC)Nc1cccnc1C. The van der Waals surface area contributed by atoms with Gasteiger partial charge in [0.05, 0.1) is 11.4 Å². The third kappa shape index (κ3) is 3.90. The normalized spacial score (nSPS) is 12.5. The molecule has 0 aliphatic rings. The maximum Gasteiger partial charge on any atom is 0.0603 e. The number of hydrogen-bond donors (Lipinski definition) is 1. The van der Waals surface area contributed by atoms with Gasteiger partial charge in [-0.05, 0) is 31.9 Å². The molecule has 1 aromatic heterocycles. The van der Waals surface area contributed by atoms with Crippen molar-refractivity contribution in [3.05, 3.63) is 24.0 Å². The summed E-state index contributed by atoms with van der Waals surface area (Å²) >= 11 is 0. The topological polar surface area (TPSA) is 24.9 Å². The fourth-order valence-electron chi connectivity index (χ4n) is 1.69. The minimum atomic E-state index is 0.591. The molecule has 0 saturated heterocycles. The number of nitrogens with zero attached hydrogens (tertiary/aromatic N) is 1. The maximum atomic E-state index is 4.28. The largest absolute Gasteiger partial charge is 0.381 e. The quantitative estimate of drug-likeness (QED) is 0.766. The van der Waals surface area contributed by atoms with Crippen LogP contribution in [-0.4, -0.2) is 11.0 Å². The third-order valence-electron chi connectivity index (χ3n) is 2.77. The Bertz CT molecular complexity index is 284. The van der Waals surface area contributed by atoms with E-state index in [0.717, 1.165) is 5.69 Å². The molecule has 2 nitrogen and oxygen atoms in total. The molecule has 1 rings (SSSR count). The first-order valence-corrected chi connectivity index (χ1v) is 5.96. The summed E-state index contributed by atoms with van der Waals surface area (Å²) in [7, 11) is 0. The van der Waals surface area contributed by atoms with Crippen LogP contribution in [0.15, 0.2) is 18.3 Å². The molecular formula is C13H22N2. The molecular weight excluding hydrogens is 184 g/mol. The van der Waals surface area contributed by atoms with E-state index >= 15 is 0 Å². The molecule has 1 N–H and O–H groups in total. The van der Waals surface area contributed by atoms with E-state index in [-0.39, 0.29) is 0 Å². The van der Waals surface area contributed by atoms with Gasteiger partial charge in [0.2, 0.25) is 0 Å². The highest BCUT2D eigenvalue weighted by Crippen LogP contribution is 2.15. The highest BCUT2D eigenvalue weighted by Gasteiger charge is 2.06. The molecule has 0 radical (unpaired) electrons. The average Bonchev–Trinajstić information content (AvgIpc) is 2.26. The molecule has 1 atom stereocenters. The van der Waals surface area contributed by atoms with Gasteiger partial charge >= 0.3 is 0 Å². The summed E-state index contributed by atoms with van der Waals surface area (Å²) in [6.07, 6.45) is 6.83. The minimum absolute atomic E-state index is 0.591. The number of aryl methyl sites for hydroxylation is 1. The lowest BCUT2D eigenvalue weighted by molar-refractivity contribution is 0.593. The van der Waals surface area contributed by atoms with Crippen molar-refractivity contribution in [1.82, 2.24) is 4.98 Å². The van der Waals surface area contributed by atoms with Crippen molar-refractivity contribution in [3.8, 4) is 0 Å². The molecule has 0 amide bonds. The molecule has 84 valence electrons. The van der Waals surface area contributed by atoms with E-state index in [1.165, 1.54) is 31.4 Å². The van der Waals surface area contributed by atoms with Gasteiger partial charge in [-0.15, -0.1) is 0 Å². The highest BCUT2D eigenvalue weighted by molar-refractivity contribution is 5.47. The summed E-state index contributed by atoms with van der Waals surface area (Å²) in [5, 5.41) is 3.57. The number of aromatic nitrogens is 1. The zero-order chi connectivity index (χ0) is 11.1. The van der Waals surface area contributed by atoms with Gasteiger partial charge in [0.15, 0.2) is 0 Å². The van der Waals surface area contributed by atoms with E-state index in [9.17, 15) is 0 Å². The number of anilines is 1. The zero-order valence-corrected chi connectivity index (χ0v) is 10.1. The van der Waals surface area contributed by atoms with Crippen molar-refractivity contribution in [2.24, 2.45) is 0 Å². The Morgan fingerprint density at radius 1 is 1.40 bits per heavy atom. The van der Waals surface area contributed by atoms with Gasteiger partial charge in [-0.1, -0.05) is 26.7 Å².